The van der Waals surface area contributed by atoms with Gasteiger partial charge in [0.05, 0.1) is 0 Å². The smallest absolute Gasteiger partial charge is 0.410 e. The van der Waals surface area contributed by atoms with Crippen molar-refractivity contribution < 1.29 is 9.53 Å². The van der Waals surface area contributed by atoms with Gasteiger partial charge in [0, 0.05) is 19.6 Å². The number of rotatable bonds is 5. The number of hydrogen-bond donors (Lipinski definition) is 1. The summed E-state index contributed by atoms with van der Waals surface area (Å²) < 4.78 is 5.37. The van der Waals surface area contributed by atoms with Gasteiger partial charge in [0.25, 0.3) is 0 Å². The first-order valence-electron chi connectivity index (χ1n) is 8.10. The van der Waals surface area contributed by atoms with Gasteiger partial charge < -0.3 is 15.0 Å². The van der Waals surface area contributed by atoms with E-state index < -0.39 is 5.60 Å². The Bertz CT molecular complexity index is 400. The SMILES string of the molecule is CC(CNC1CC2CC=CC21)CN(C)C(=O)OC(C)(C)C. The minimum atomic E-state index is -0.428. The van der Waals surface area contributed by atoms with E-state index in [1.165, 1.54) is 12.8 Å². The topological polar surface area (TPSA) is 41.6 Å². The van der Waals surface area contributed by atoms with E-state index in [2.05, 4.69) is 24.4 Å². The van der Waals surface area contributed by atoms with Crippen LogP contribution in [-0.4, -0.2) is 42.8 Å². The molecule has 120 valence electrons. The molecule has 1 N–H and O–H groups in total. The third-order valence-electron chi connectivity index (χ3n) is 4.38. The van der Waals surface area contributed by atoms with Crippen LogP contribution >= 0.6 is 0 Å². The molecule has 0 saturated heterocycles. The van der Waals surface area contributed by atoms with E-state index >= 15 is 0 Å². The summed E-state index contributed by atoms with van der Waals surface area (Å²) >= 11 is 0. The highest BCUT2D eigenvalue weighted by atomic mass is 16.6. The largest absolute Gasteiger partial charge is 0.444 e. The van der Waals surface area contributed by atoms with E-state index in [-0.39, 0.29) is 6.09 Å². The van der Waals surface area contributed by atoms with Crippen LogP contribution < -0.4 is 5.32 Å². The van der Waals surface area contributed by atoms with E-state index in [0.717, 1.165) is 24.9 Å². The summed E-state index contributed by atoms with van der Waals surface area (Å²) in [5.74, 6) is 2.06. The van der Waals surface area contributed by atoms with Crippen LogP contribution in [0.15, 0.2) is 12.2 Å². The Hall–Kier alpha value is -1.03. The van der Waals surface area contributed by atoms with E-state index in [1.807, 2.05) is 27.8 Å². The zero-order chi connectivity index (χ0) is 15.6. The lowest BCUT2D eigenvalue weighted by atomic mass is 9.71. The lowest BCUT2D eigenvalue weighted by Gasteiger charge is -2.41. The van der Waals surface area contributed by atoms with Gasteiger partial charge in [-0.3, -0.25) is 0 Å². The molecule has 0 spiro atoms. The Kier molecular flexibility index (Phi) is 4.97. The molecular formula is C17H30N2O2. The van der Waals surface area contributed by atoms with Crippen LogP contribution in [0.1, 0.15) is 40.5 Å². The molecule has 0 aliphatic heterocycles. The standard InChI is InChI=1S/C17H30N2O2/c1-12(11-19(5)16(20)21-17(2,3)4)10-18-15-9-13-7-6-8-14(13)15/h6,8,12-15,18H,7,9-11H2,1-5H3. The second-order valence-corrected chi connectivity index (χ2v) is 7.72. The molecular weight excluding hydrogens is 264 g/mol. The molecule has 1 fully saturated rings. The fraction of sp³-hybridized carbons (Fsp3) is 0.824. The van der Waals surface area contributed by atoms with Gasteiger partial charge in [-0.1, -0.05) is 19.1 Å². The molecule has 4 nitrogen and oxygen atoms in total. The van der Waals surface area contributed by atoms with Gasteiger partial charge >= 0.3 is 6.09 Å². The molecule has 4 heteroatoms. The Morgan fingerprint density at radius 1 is 1.48 bits per heavy atom. The Labute approximate surface area is 128 Å². The maximum Gasteiger partial charge on any atom is 0.410 e. The summed E-state index contributed by atoms with van der Waals surface area (Å²) in [5, 5.41) is 3.65. The minimum absolute atomic E-state index is 0.239. The van der Waals surface area contributed by atoms with E-state index in [0.29, 0.717) is 12.0 Å². The molecule has 1 saturated carbocycles. The van der Waals surface area contributed by atoms with Crippen molar-refractivity contribution in [1.29, 1.82) is 0 Å². The van der Waals surface area contributed by atoms with Gasteiger partial charge in [0.1, 0.15) is 5.60 Å². The molecule has 4 unspecified atom stereocenters. The third-order valence-corrected chi connectivity index (χ3v) is 4.38. The molecule has 0 heterocycles. The highest BCUT2D eigenvalue weighted by Crippen LogP contribution is 2.42. The van der Waals surface area contributed by atoms with Crippen LogP contribution in [0.5, 0.6) is 0 Å². The van der Waals surface area contributed by atoms with Crippen molar-refractivity contribution in [2.75, 3.05) is 20.1 Å². The maximum absolute atomic E-state index is 11.9. The Balaban J connectivity index is 1.66. The van der Waals surface area contributed by atoms with E-state index in [4.69, 9.17) is 4.74 Å². The monoisotopic (exact) mass is 294 g/mol. The molecule has 2 aliphatic rings. The lowest BCUT2D eigenvalue weighted by Crippen LogP contribution is -2.50. The van der Waals surface area contributed by atoms with Crippen LogP contribution in [0.3, 0.4) is 0 Å². The van der Waals surface area contributed by atoms with Crippen molar-refractivity contribution in [2.24, 2.45) is 17.8 Å². The molecule has 4 atom stereocenters. The van der Waals surface area contributed by atoms with Gasteiger partial charge in [-0.05, 0) is 57.9 Å². The number of nitrogens with one attached hydrogen (secondary N) is 1. The predicted molar refractivity (Wildman–Crippen MR) is 85.2 cm³/mol. The van der Waals surface area contributed by atoms with Crippen LogP contribution in [0.25, 0.3) is 0 Å². The molecule has 0 aromatic heterocycles. The summed E-state index contributed by atoms with van der Waals surface area (Å²) in [6, 6.07) is 0.642. The van der Waals surface area contributed by atoms with Gasteiger partial charge in [0.2, 0.25) is 0 Å². The summed E-state index contributed by atoms with van der Waals surface area (Å²) in [5.41, 5.74) is -0.428. The number of carbonyl (C=O) groups excluding carboxylic acids is 1. The summed E-state index contributed by atoms with van der Waals surface area (Å²) in [6.07, 6.45) is 7.00. The molecule has 0 aromatic carbocycles. The van der Waals surface area contributed by atoms with Crippen molar-refractivity contribution in [2.45, 2.75) is 52.2 Å². The maximum atomic E-state index is 11.9. The van der Waals surface area contributed by atoms with Crippen LogP contribution in [-0.2, 0) is 4.74 Å². The van der Waals surface area contributed by atoms with Crippen molar-refractivity contribution in [3.8, 4) is 0 Å². The number of amides is 1. The Morgan fingerprint density at radius 2 is 2.19 bits per heavy atom. The fourth-order valence-corrected chi connectivity index (χ4v) is 3.25. The Morgan fingerprint density at radius 3 is 2.81 bits per heavy atom. The average Bonchev–Trinajstić information content (AvgIpc) is 2.69. The van der Waals surface area contributed by atoms with Gasteiger partial charge in [-0.2, -0.15) is 0 Å². The normalized spacial score (nSPS) is 28.7. The number of nitrogens with zero attached hydrogens (tertiary/aromatic N) is 1. The zero-order valence-electron chi connectivity index (χ0n) is 14.1. The highest BCUT2D eigenvalue weighted by Gasteiger charge is 2.40. The van der Waals surface area contributed by atoms with E-state index in [1.54, 1.807) is 4.90 Å². The van der Waals surface area contributed by atoms with Gasteiger partial charge in [-0.25, -0.2) is 4.79 Å². The lowest BCUT2D eigenvalue weighted by molar-refractivity contribution is 0.0274. The third kappa shape index (κ3) is 4.47. The zero-order valence-corrected chi connectivity index (χ0v) is 14.1. The van der Waals surface area contributed by atoms with Gasteiger partial charge in [-0.15, -0.1) is 0 Å². The fourth-order valence-electron chi connectivity index (χ4n) is 3.25. The summed E-state index contributed by atoms with van der Waals surface area (Å²) in [7, 11) is 1.81. The van der Waals surface area contributed by atoms with Crippen LogP contribution in [0, 0.1) is 17.8 Å². The summed E-state index contributed by atoms with van der Waals surface area (Å²) in [4.78, 5) is 13.6. The van der Waals surface area contributed by atoms with Crippen molar-refractivity contribution in [3.05, 3.63) is 12.2 Å². The highest BCUT2D eigenvalue weighted by molar-refractivity contribution is 5.67. The molecule has 0 radical (unpaired) electrons. The predicted octanol–water partition coefficient (Wildman–Crippen LogP) is 3.04. The first-order valence-corrected chi connectivity index (χ1v) is 8.10. The number of fused-ring (bicyclic) bond motifs is 1. The van der Waals surface area contributed by atoms with Gasteiger partial charge in [0.15, 0.2) is 0 Å². The second kappa shape index (κ2) is 6.39. The van der Waals surface area contributed by atoms with Crippen molar-refractivity contribution in [1.82, 2.24) is 10.2 Å². The molecule has 2 aliphatic carbocycles. The number of allylic oxidation sites excluding steroid dienone is 1. The molecule has 1 amide bonds. The quantitative estimate of drug-likeness (QED) is 0.792. The summed E-state index contributed by atoms with van der Waals surface area (Å²) in [6.45, 7) is 9.53. The first-order chi connectivity index (χ1) is 9.76. The number of ether oxygens (including phenoxy) is 1. The number of hydrogen-bond acceptors (Lipinski definition) is 3. The molecule has 21 heavy (non-hydrogen) atoms. The average molecular weight is 294 g/mol. The molecule has 0 aromatic rings. The van der Waals surface area contributed by atoms with Crippen LogP contribution in [0.2, 0.25) is 0 Å². The van der Waals surface area contributed by atoms with Crippen LogP contribution in [0.4, 0.5) is 4.79 Å². The molecule has 0 bridgehead atoms. The van der Waals surface area contributed by atoms with Crippen molar-refractivity contribution in [3.63, 3.8) is 0 Å². The molecule has 2 rings (SSSR count). The second-order valence-electron chi connectivity index (χ2n) is 7.72. The minimum Gasteiger partial charge on any atom is -0.444 e. The van der Waals surface area contributed by atoms with Crippen molar-refractivity contribution >= 4 is 6.09 Å². The first kappa shape index (κ1) is 16.3. The number of carbonyl (C=O) groups is 1. The van der Waals surface area contributed by atoms with E-state index in [9.17, 15) is 4.79 Å².